The Morgan fingerprint density at radius 2 is 1.82 bits per heavy atom. The number of benzene rings is 2. The number of nitrogens with one attached hydrogen (secondary N) is 2. The highest BCUT2D eigenvalue weighted by atomic mass is 32.2. The molecular weight excluding hydrogens is 456 g/mol. The summed E-state index contributed by atoms with van der Waals surface area (Å²) in [5.41, 5.74) is 2.29. The molecule has 1 atom stereocenters. The molecule has 168 valence electrons. The third-order valence-electron chi connectivity index (χ3n) is 5.07. The topological polar surface area (TPSA) is 93.1 Å². The Morgan fingerprint density at radius 3 is 2.61 bits per heavy atom. The van der Waals surface area contributed by atoms with Gasteiger partial charge in [-0.2, -0.15) is 0 Å². The summed E-state index contributed by atoms with van der Waals surface area (Å²) in [5.74, 6) is -0.523. The van der Waals surface area contributed by atoms with Gasteiger partial charge in [0, 0.05) is 7.05 Å². The lowest BCUT2D eigenvalue weighted by Gasteiger charge is -2.16. The number of anilines is 1. The fourth-order valence-electron chi connectivity index (χ4n) is 3.30. The van der Waals surface area contributed by atoms with Crippen LogP contribution in [0.2, 0.25) is 0 Å². The second kappa shape index (κ2) is 10.0. The predicted molar refractivity (Wildman–Crippen MR) is 133 cm³/mol. The molecule has 7 nitrogen and oxygen atoms in total. The quantitative estimate of drug-likeness (QED) is 0.307. The van der Waals surface area contributed by atoms with E-state index in [4.69, 9.17) is 0 Å². The predicted octanol–water partition coefficient (Wildman–Crippen LogP) is 4.22. The van der Waals surface area contributed by atoms with Gasteiger partial charge in [0.2, 0.25) is 5.91 Å². The van der Waals surface area contributed by atoms with Gasteiger partial charge < -0.3 is 10.6 Å². The monoisotopic (exact) mass is 478 g/mol. The molecule has 2 amide bonds. The van der Waals surface area contributed by atoms with E-state index in [1.54, 1.807) is 37.4 Å². The zero-order valence-corrected chi connectivity index (χ0v) is 19.7. The van der Waals surface area contributed by atoms with Crippen LogP contribution in [0.3, 0.4) is 0 Å². The van der Waals surface area contributed by atoms with E-state index in [9.17, 15) is 14.4 Å². The fourth-order valence-corrected chi connectivity index (χ4v) is 4.88. The molecule has 2 aromatic carbocycles. The number of carbonyl (C=O) groups is 2. The molecule has 4 aromatic rings. The fraction of sp³-hybridized carbons (Fsp3) is 0.167. The van der Waals surface area contributed by atoms with E-state index >= 15 is 0 Å². The highest BCUT2D eigenvalue weighted by molar-refractivity contribution is 7.99. The van der Waals surface area contributed by atoms with Crippen molar-refractivity contribution >= 4 is 50.8 Å². The van der Waals surface area contributed by atoms with Gasteiger partial charge in [0.25, 0.3) is 11.5 Å². The smallest absolute Gasteiger partial charge is 0.271 e. The number of para-hydroxylation sites is 1. The standard InChI is InChI=1S/C24H22N4O3S2/c1-15(16-8-4-3-5-9-16)25-22(30)17-10-6-7-11-18(17)26-20(29)14-33-24-27-19-12-13-32-21(19)23(31)28(24)2/h3-13,15H,14H2,1-2H3,(H,25,30)(H,26,29). The zero-order chi connectivity index (χ0) is 23.4. The first-order chi connectivity index (χ1) is 15.9. The Kier molecular flexibility index (Phi) is 6.90. The van der Waals surface area contributed by atoms with Crippen molar-refractivity contribution in [3.8, 4) is 0 Å². The van der Waals surface area contributed by atoms with Crippen LogP contribution in [0, 0.1) is 0 Å². The Labute approximate surface area is 198 Å². The summed E-state index contributed by atoms with van der Waals surface area (Å²) >= 11 is 2.52. The molecule has 0 saturated heterocycles. The molecule has 0 bridgehead atoms. The average Bonchev–Trinajstić information content (AvgIpc) is 3.30. The molecule has 0 saturated carbocycles. The van der Waals surface area contributed by atoms with Crippen LogP contribution in [0.1, 0.15) is 28.9 Å². The Bertz CT molecular complexity index is 1370. The third-order valence-corrected chi connectivity index (χ3v) is 6.99. The highest BCUT2D eigenvalue weighted by Crippen LogP contribution is 2.22. The number of rotatable bonds is 7. The minimum atomic E-state index is -0.295. The van der Waals surface area contributed by atoms with E-state index in [1.807, 2.05) is 42.6 Å². The first-order valence-electron chi connectivity index (χ1n) is 10.3. The van der Waals surface area contributed by atoms with E-state index in [-0.39, 0.29) is 29.2 Å². The van der Waals surface area contributed by atoms with Crippen LogP contribution in [0.4, 0.5) is 5.69 Å². The van der Waals surface area contributed by atoms with E-state index in [0.29, 0.717) is 26.6 Å². The maximum Gasteiger partial charge on any atom is 0.271 e. The lowest BCUT2D eigenvalue weighted by molar-refractivity contribution is -0.113. The third kappa shape index (κ3) is 5.15. The second-order valence-electron chi connectivity index (χ2n) is 7.38. The number of thiophene rings is 1. The molecule has 33 heavy (non-hydrogen) atoms. The summed E-state index contributed by atoms with van der Waals surface area (Å²) in [6.45, 7) is 1.91. The zero-order valence-electron chi connectivity index (χ0n) is 18.1. The first kappa shape index (κ1) is 22.8. The van der Waals surface area contributed by atoms with Crippen molar-refractivity contribution < 1.29 is 9.59 Å². The summed E-state index contributed by atoms with van der Waals surface area (Å²) in [4.78, 5) is 42.4. The van der Waals surface area contributed by atoms with Gasteiger partial charge in [0.1, 0.15) is 4.70 Å². The van der Waals surface area contributed by atoms with Crippen LogP contribution < -0.4 is 16.2 Å². The molecule has 2 N–H and O–H groups in total. The summed E-state index contributed by atoms with van der Waals surface area (Å²) < 4.78 is 2.04. The molecule has 2 heterocycles. The number of hydrogen-bond donors (Lipinski definition) is 2. The number of thioether (sulfide) groups is 1. The van der Waals surface area contributed by atoms with Crippen LogP contribution in [0.15, 0.2) is 76.0 Å². The number of nitrogens with zero attached hydrogens (tertiary/aromatic N) is 2. The Balaban J connectivity index is 1.43. The van der Waals surface area contributed by atoms with Crippen LogP contribution in [-0.2, 0) is 11.8 Å². The van der Waals surface area contributed by atoms with Crippen molar-refractivity contribution in [1.82, 2.24) is 14.9 Å². The van der Waals surface area contributed by atoms with Gasteiger partial charge >= 0.3 is 0 Å². The van der Waals surface area contributed by atoms with Crippen molar-refractivity contribution in [2.75, 3.05) is 11.1 Å². The molecule has 0 fully saturated rings. The van der Waals surface area contributed by atoms with E-state index in [2.05, 4.69) is 15.6 Å². The summed E-state index contributed by atoms with van der Waals surface area (Å²) in [6.07, 6.45) is 0. The van der Waals surface area contributed by atoms with Gasteiger partial charge in [-0.15, -0.1) is 11.3 Å². The maximum absolute atomic E-state index is 12.9. The first-order valence-corrected chi connectivity index (χ1v) is 12.1. The Morgan fingerprint density at radius 1 is 1.09 bits per heavy atom. The molecule has 0 aliphatic carbocycles. The van der Waals surface area contributed by atoms with Crippen LogP contribution in [-0.4, -0.2) is 27.1 Å². The second-order valence-corrected chi connectivity index (χ2v) is 9.24. The van der Waals surface area contributed by atoms with Crippen LogP contribution >= 0.6 is 23.1 Å². The number of amides is 2. The minimum Gasteiger partial charge on any atom is -0.345 e. The van der Waals surface area contributed by atoms with E-state index < -0.39 is 0 Å². The largest absolute Gasteiger partial charge is 0.345 e. The number of fused-ring (bicyclic) bond motifs is 1. The number of aromatic nitrogens is 2. The molecule has 1 unspecified atom stereocenters. The normalized spacial score (nSPS) is 11.8. The molecular formula is C24H22N4O3S2. The number of hydrogen-bond acceptors (Lipinski definition) is 6. The van der Waals surface area contributed by atoms with Gasteiger partial charge in [0.05, 0.1) is 28.6 Å². The number of carbonyl (C=O) groups excluding carboxylic acids is 2. The van der Waals surface area contributed by atoms with Gasteiger partial charge in [-0.3, -0.25) is 19.0 Å². The SMILES string of the molecule is CC(NC(=O)c1ccccc1NC(=O)CSc1nc2ccsc2c(=O)n1C)c1ccccc1. The lowest BCUT2D eigenvalue weighted by atomic mass is 10.1. The summed E-state index contributed by atoms with van der Waals surface area (Å²) in [7, 11) is 1.64. The molecule has 9 heteroatoms. The Hall–Kier alpha value is -3.43. The molecule has 4 rings (SSSR count). The minimum absolute atomic E-state index is 0.0479. The van der Waals surface area contributed by atoms with Gasteiger partial charge in [-0.1, -0.05) is 54.2 Å². The van der Waals surface area contributed by atoms with Gasteiger partial charge in [-0.25, -0.2) is 4.98 Å². The molecule has 0 aliphatic heterocycles. The van der Waals surface area contributed by atoms with E-state index in [1.165, 1.54) is 27.7 Å². The van der Waals surface area contributed by atoms with Gasteiger partial charge in [0.15, 0.2) is 5.16 Å². The maximum atomic E-state index is 12.9. The summed E-state index contributed by atoms with van der Waals surface area (Å²) in [6, 6.07) is 18.1. The van der Waals surface area contributed by atoms with Crippen LogP contribution in [0.25, 0.3) is 10.2 Å². The van der Waals surface area contributed by atoms with Crippen molar-refractivity contribution in [2.24, 2.45) is 7.05 Å². The highest BCUT2D eigenvalue weighted by Gasteiger charge is 2.17. The molecule has 0 aliphatic rings. The molecule has 2 aromatic heterocycles. The van der Waals surface area contributed by atoms with Crippen molar-refractivity contribution in [2.45, 2.75) is 18.1 Å². The van der Waals surface area contributed by atoms with Crippen molar-refractivity contribution in [1.29, 1.82) is 0 Å². The van der Waals surface area contributed by atoms with E-state index in [0.717, 1.165) is 5.56 Å². The lowest BCUT2D eigenvalue weighted by Crippen LogP contribution is -2.28. The van der Waals surface area contributed by atoms with Gasteiger partial charge in [-0.05, 0) is 36.1 Å². The molecule has 0 radical (unpaired) electrons. The van der Waals surface area contributed by atoms with Crippen LogP contribution in [0.5, 0.6) is 0 Å². The van der Waals surface area contributed by atoms with Crippen molar-refractivity contribution in [3.63, 3.8) is 0 Å². The molecule has 0 spiro atoms. The average molecular weight is 479 g/mol. The van der Waals surface area contributed by atoms with Crippen molar-refractivity contribution in [3.05, 3.63) is 87.5 Å². The summed E-state index contributed by atoms with van der Waals surface area (Å²) in [5, 5.41) is 8.06.